The largest absolute Gasteiger partial charge is 0.463 e. The molecule has 1 aromatic carbocycles. The Hall–Kier alpha value is -2.30. The Morgan fingerprint density at radius 2 is 1.79 bits per heavy atom. The number of rotatable bonds is 4. The third kappa shape index (κ3) is 3.78. The van der Waals surface area contributed by atoms with Crippen LogP contribution in [-0.4, -0.2) is 39.8 Å². The zero-order valence-electron chi connectivity index (χ0n) is 14.4. The highest BCUT2D eigenvalue weighted by Crippen LogP contribution is 2.20. The van der Waals surface area contributed by atoms with Crippen molar-refractivity contribution in [2.45, 2.75) is 45.6 Å². The number of hydrogen-bond acceptors (Lipinski definition) is 3. The van der Waals surface area contributed by atoms with E-state index in [4.69, 9.17) is 4.74 Å². The van der Waals surface area contributed by atoms with Gasteiger partial charge in [0.1, 0.15) is 0 Å². The van der Waals surface area contributed by atoms with Gasteiger partial charge < -0.3 is 9.64 Å². The number of likely N-dealkylation sites (tertiary alicyclic amines) is 1. The molecule has 1 amide bonds. The van der Waals surface area contributed by atoms with Crippen LogP contribution in [0, 0.1) is 6.92 Å². The fourth-order valence-corrected chi connectivity index (χ4v) is 3.04. The molecule has 2 heterocycles. The smallest absolute Gasteiger partial charge is 0.263 e. The number of hydrogen-bond donors (Lipinski definition) is 0. The molecule has 0 aliphatic carbocycles. The summed E-state index contributed by atoms with van der Waals surface area (Å²) in [4.78, 5) is 14.5. The summed E-state index contributed by atoms with van der Waals surface area (Å²) in [6.45, 7) is 5.44. The first kappa shape index (κ1) is 16.6. The molecule has 1 aliphatic heterocycles. The van der Waals surface area contributed by atoms with Gasteiger partial charge in [0.15, 0.2) is 6.10 Å². The molecule has 2 aromatic rings. The summed E-state index contributed by atoms with van der Waals surface area (Å²) in [5, 5.41) is 4.49. The van der Waals surface area contributed by atoms with Crippen LogP contribution in [0.5, 0.6) is 5.88 Å². The van der Waals surface area contributed by atoms with Gasteiger partial charge >= 0.3 is 0 Å². The van der Waals surface area contributed by atoms with Crippen LogP contribution in [0.1, 0.15) is 38.2 Å². The van der Waals surface area contributed by atoms with Gasteiger partial charge in [0.2, 0.25) is 5.88 Å². The molecule has 1 saturated heterocycles. The lowest BCUT2D eigenvalue weighted by atomic mass is 10.2. The highest BCUT2D eigenvalue weighted by atomic mass is 16.5. The van der Waals surface area contributed by atoms with Gasteiger partial charge in [-0.2, -0.15) is 0 Å². The van der Waals surface area contributed by atoms with Crippen LogP contribution in [0.2, 0.25) is 0 Å². The maximum Gasteiger partial charge on any atom is 0.263 e. The monoisotopic (exact) mass is 327 g/mol. The van der Waals surface area contributed by atoms with Crippen molar-refractivity contribution in [3.63, 3.8) is 0 Å². The molecule has 0 saturated carbocycles. The maximum atomic E-state index is 12.6. The van der Waals surface area contributed by atoms with Crippen molar-refractivity contribution in [1.82, 2.24) is 14.7 Å². The molecule has 24 heavy (non-hydrogen) atoms. The Morgan fingerprint density at radius 1 is 1.12 bits per heavy atom. The molecular formula is C19H25N3O2. The van der Waals surface area contributed by atoms with Crippen molar-refractivity contribution in [2.75, 3.05) is 13.1 Å². The zero-order valence-corrected chi connectivity index (χ0v) is 14.4. The molecule has 1 aromatic heterocycles. The summed E-state index contributed by atoms with van der Waals surface area (Å²) in [6.07, 6.45) is 5.99. The minimum atomic E-state index is -0.513. The number of benzene rings is 1. The molecule has 0 N–H and O–H groups in total. The number of carbonyl (C=O) groups excluding carboxylic acids is 1. The van der Waals surface area contributed by atoms with Crippen LogP contribution in [0.25, 0.3) is 5.69 Å². The second-order valence-corrected chi connectivity index (χ2v) is 6.40. The molecule has 5 heteroatoms. The second-order valence-electron chi connectivity index (χ2n) is 6.40. The van der Waals surface area contributed by atoms with Gasteiger partial charge in [-0.1, -0.05) is 31.0 Å². The Balaban J connectivity index is 1.69. The first-order valence-corrected chi connectivity index (χ1v) is 8.72. The Labute approximate surface area is 143 Å². The van der Waals surface area contributed by atoms with Crippen LogP contribution in [-0.2, 0) is 4.79 Å². The van der Waals surface area contributed by atoms with Gasteiger partial charge in [-0.15, -0.1) is 5.10 Å². The molecule has 0 spiro atoms. The SMILES string of the molecule is Cc1cn(-c2ccccc2)nc1O[C@@H](C)C(=O)N1CCCCCC1. The average molecular weight is 327 g/mol. The summed E-state index contributed by atoms with van der Waals surface area (Å²) in [5.41, 5.74) is 1.90. The number of amides is 1. The van der Waals surface area contributed by atoms with E-state index in [2.05, 4.69) is 5.10 Å². The maximum absolute atomic E-state index is 12.6. The molecule has 1 fully saturated rings. The number of para-hydroxylation sites is 1. The van der Waals surface area contributed by atoms with Crippen molar-refractivity contribution in [3.05, 3.63) is 42.1 Å². The topological polar surface area (TPSA) is 47.4 Å². The molecule has 1 atom stereocenters. The summed E-state index contributed by atoms with van der Waals surface area (Å²) < 4.78 is 7.67. The van der Waals surface area contributed by atoms with E-state index in [9.17, 15) is 4.79 Å². The van der Waals surface area contributed by atoms with Gasteiger partial charge in [0, 0.05) is 24.8 Å². The van der Waals surface area contributed by atoms with Gasteiger partial charge in [-0.25, -0.2) is 4.68 Å². The number of aryl methyl sites for hydroxylation is 1. The van der Waals surface area contributed by atoms with E-state index in [-0.39, 0.29) is 5.91 Å². The van der Waals surface area contributed by atoms with E-state index >= 15 is 0 Å². The van der Waals surface area contributed by atoms with E-state index in [1.54, 1.807) is 4.68 Å². The molecule has 1 aliphatic rings. The standard InChI is InChI=1S/C19H25N3O2/c1-15-14-22(17-10-6-5-7-11-17)20-18(15)24-16(2)19(23)21-12-8-3-4-9-13-21/h5-7,10-11,14,16H,3-4,8-9,12-13H2,1-2H3/t16-/m0/s1. The predicted molar refractivity (Wildman–Crippen MR) is 93.4 cm³/mol. The van der Waals surface area contributed by atoms with Crippen molar-refractivity contribution in [3.8, 4) is 11.6 Å². The summed E-state index contributed by atoms with van der Waals surface area (Å²) in [7, 11) is 0. The predicted octanol–water partition coefficient (Wildman–Crippen LogP) is 3.35. The molecule has 0 radical (unpaired) electrons. The number of nitrogens with zero attached hydrogens (tertiary/aromatic N) is 3. The van der Waals surface area contributed by atoms with Crippen LogP contribution in [0.15, 0.2) is 36.5 Å². The third-order valence-corrected chi connectivity index (χ3v) is 4.43. The summed E-state index contributed by atoms with van der Waals surface area (Å²) in [5.74, 6) is 0.583. The van der Waals surface area contributed by atoms with E-state index in [1.165, 1.54) is 12.8 Å². The second kappa shape index (κ2) is 7.51. The van der Waals surface area contributed by atoms with Gasteiger partial charge in [0.25, 0.3) is 5.91 Å². The van der Waals surface area contributed by atoms with Crippen LogP contribution in [0.4, 0.5) is 0 Å². The molecular weight excluding hydrogens is 302 g/mol. The summed E-state index contributed by atoms with van der Waals surface area (Å²) in [6, 6.07) is 9.89. The van der Waals surface area contributed by atoms with Gasteiger partial charge in [-0.3, -0.25) is 4.79 Å². The third-order valence-electron chi connectivity index (χ3n) is 4.43. The first-order chi connectivity index (χ1) is 11.6. The quantitative estimate of drug-likeness (QED) is 0.865. The van der Waals surface area contributed by atoms with Crippen molar-refractivity contribution >= 4 is 5.91 Å². The number of carbonyl (C=O) groups is 1. The molecule has 3 rings (SSSR count). The molecule has 0 bridgehead atoms. The lowest BCUT2D eigenvalue weighted by Gasteiger charge is -2.24. The van der Waals surface area contributed by atoms with Gasteiger partial charge in [-0.05, 0) is 38.8 Å². The van der Waals surface area contributed by atoms with Crippen LogP contribution < -0.4 is 4.74 Å². The number of ether oxygens (including phenoxy) is 1. The lowest BCUT2D eigenvalue weighted by molar-refractivity contribution is -0.138. The van der Waals surface area contributed by atoms with Gasteiger partial charge in [0.05, 0.1) is 5.69 Å². The minimum absolute atomic E-state index is 0.0607. The van der Waals surface area contributed by atoms with Crippen molar-refractivity contribution < 1.29 is 9.53 Å². The average Bonchev–Trinajstić information content (AvgIpc) is 2.80. The van der Waals surface area contributed by atoms with E-state index in [0.29, 0.717) is 5.88 Å². The van der Waals surface area contributed by atoms with Crippen LogP contribution in [0.3, 0.4) is 0 Å². The fraction of sp³-hybridized carbons (Fsp3) is 0.474. The van der Waals surface area contributed by atoms with E-state index < -0.39 is 6.10 Å². The Bertz CT molecular complexity index is 673. The van der Waals surface area contributed by atoms with E-state index in [0.717, 1.165) is 37.2 Å². The Morgan fingerprint density at radius 3 is 2.46 bits per heavy atom. The fourth-order valence-electron chi connectivity index (χ4n) is 3.04. The summed E-state index contributed by atoms with van der Waals surface area (Å²) >= 11 is 0. The number of aromatic nitrogens is 2. The normalized spacial score (nSPS) is 16.5. The lowest BCUT2D eigenvalue weighted by Crippen LogP contribution is -2.41. The van der Waals surface area contributed by atoms with E-state index in [1.807, 2.05) is 55.3 Å². The molecule has 5 nitrogen and oxygen atoms in total. The highest BCUT2D eigenvalue weighted by molar-refractivity contribution is 5.80. The molecule has 128 valence electrons. The highest BCUT2D eigenvalue weighted by Gasteiger charge is 2.24. The first-order valence-electron chi connectivity index (χ1n) is 8.72. The Kier molecular flexibility index (Phi) is 5.18. The molecule has 0 unspecified atom stereocenters. The van der Waals surface area contributed by atoms with Crippen molar-refractivity contribution in [2.24, 2.45) is 0 Å². The minimum Gasteiger partial charge on any atom is -0.463 e. The van der Waals surface area contributed by atoms with Crippen molar-refractivity contribution in [1.29, 1.82) is 0 Å². The zero-order chi connectivity index (χ0) is 16.9. The van der Waals surface area contributed by atoms with Crippen LogP contribution >= 0.6 is 0 Å².